The van der Waals surface area contributed by atoms with Crippen molar-refractivity contribution in [1.29, 1.82) is 0 Å². The summed E-state index contributed by atoms with van der Waals surface area (Å²) in [7, 11) is 0. The van der Waals surface area contributed by atoms with E-state index in [2.05, 4.69) is 9.97 Å². The molecule has 2 N–H and O–H groups in total. The van der Waals surface area contributed by atoms with Crippen LogP contribution in [0.1, 0.15) is 0 Å². The van der Waals surface area contributed by atoms with Gasteiger partial charge in [0.25, 0.3) is 0 Å². The summed E-state index contributed by atoms with van der Waals surface area (Å²) in [5, 5.41) is 2.05. The van der Waals surface area contributed by atoms with Gasteiger partial charge in [0.2, 0.25) is 5.56 Å². The summed E-state index contributed by atoms with van der Waals surface area (Å²) in [6.45, 7) is 0. The molecule has 0 spiro atoms. The van der Waals surface area contributed by atoms with E-state index in [0.29, 0.717) is 0 Å². The minimum Gasteiger partial charge on any atom is -0.361 e. The predicted molar refractivity (Wildman–Crippen MR) is 56.4 cm³/mol. The van der Waals surface area contributed by atoms with Gasteiger partial charge in [-0.15, -0.1) is 0 Å². The third-order valence-corrected chi connectivity index (χ3v) is 2.42. The first kappa shape index (κ1) is 7.38. The van der Waals surface area contributed by atoms with Gasteiger partial charge in [0.05, 0.1) is 0 Å². The molecule has 14 heavy (non-hydrogen) atoms. The van der Waals surface area contributed by atoms with Gasteiger partial charge in [-0.1, -0.05) is 6.07 Å². The summed E-state index contributed by atoms with van der Waals surface area (Å²) in [5.41, 5.74) is 1.89. The Morgan fingerprint density at radius 3 is 2.79 bits per heavy atom. The summed E-state index contributed by atoms with van der Waals surface area (Å²) < 4.78 is 0. The molecule has 0 aliphatic heterocycles. The van der Waals surface area contributed by atoms with Crippen molar-refractivity contribution >= 4 is 21.8 Å². The molecule has 0 atom stereocenters. The van der Waals surface area contributed by atoms with Crippen LogP contribution in [0.4, 0.5) is 0 Å². The van der Waals surface area contributed by atoms with Crippen LogP contribution in [-0.4, -0.2) is 9.97 Å². The molecule has 2 aromatic heterocycles. The van der Waals surface area contributed by atoms with Gasteiger partial charge >= 0.3 is 0 Å². The van der Waals surface area contributed by atoms with Crippen molar-refractivity contribution in [3.63, 3.8) is 0 Å². The fourth-order valence-corrected chi connectivity index (χ4v) is 1.79. The second-order valence-electron chi connectivity index (χ2n) is 3.29. The topological polar surface area (TPSA) is 48.6 Å². The van der Waals surface area contributed by atoms with Gasteiger partial charge in [-0.05, 0) is 18.2 Å². The van der Waals surface area contributed by atoms with Crippen LogP contribution < -0.4 is 5.56 Å². The molecule has 3 aromatic rings. The van der Waals surface area contributed by atoms with Gasteiger partial charge in [-0.25, -0.2) is 0 Å². The summed E-state index contributed by atoms with van der Waals surface area (Å²) in [5.74, 6) is 0. The van der Waals surface area contributed by atoms with E-state index in [1.807, 2.05) is 30.5 Å². The summed E-state index contributed by atoms with van der Waals surface area (Å²) in [6.07, 6.45) is 1.87. The fourth-order valence-electron chi connectivity index (χ4n) is 1.79. The Kier molecular flexibility index (Phi) is 1.31. The van der Waals surface area contributed by atoms with Crippen molar-refractivity contribution in [1.82, 2.24) is 9.97 Å². The number of rotatable bonds is 0. The normalized spacial score (nSPS) is 11.1. The number of nitrogens with one attached hydrogen (secondary N) is 2. The van der Waals surface area contributed by atoms with E-state index in [1.165, 1.54) is 0 Å². The standard InChI is InChI=1S/C11H8N2O/c14-11-6-8-7-2-1-5-12-9(7)3-4-10(8)13-11/h1-6,12H,(H,13,14). The average Bonchev–Trinajstić information content (AvgIpc) is 2.59. The second kappa shape index (κ2) is 2.48. The maximum absolute atomic E-state index is 11.2. The first-order valence-electron chi connectivity index (χ1n) is 4.44. The third-order valence-electron chi connectivity index (χ3n) is 2.42. The van der Waals surface area contributed by atoms with Crippen molar-refractivity contribution in [3.8, 4) is 0 Å². The number of pyridine rings is 1. The predicted octanol–water partition coefficient (Wildman–Crippen LogP) is 2.01. The van der Waals surface area contributed by atoms with E-state index in [1.54, 1.807) is 6.07 Å². The molecule has 0 fully saturated rings. The number of H-pyrrole nitrogens is 2. The first-order chi connectivity index (χ1) is 6.84. The minimum absolute atomic E-state index is 0.0450. The molecule has 0 aliphatic carbocycles. The monoisotopic (exact) mass is 184 g/mol. The van der Waals surface area contributed by atoms with Crippen LogP contribution in [0.3, 0.4) is 0 Å². The Morgan fingerprint density at radius 1 is 1.00 bits per heavy atom. The quantitative estimate of drug-likeness (QED) is 0.551. The zero-order chi connectivity index (χ0) is 9.54. The Hall–Kier alpha value is -2.03. The zero-order valence-corrected chi connectivity index (χ0v) is 7.37. The molecule has 1 aromatic carbocycles. The molecule has 0 radical (unpaired) electrons. The molecule has 2 heterocycles. The van der Waals surface area contributed by atoms with Crippen LogP contribution in [0, 0.1) is 0 Å². The van der Waals surface area contributed by atoms with Crippen LogP contribution in [0.5, 0.6) is 0 Å². The molecule has 0 unspecified atom stereocenters. The summed E-state index contributed by atoms with van der Waals surface area (Å²) >= 11 is 0. The van der Waals surface area contributed by atoms with Gasteiger partial charge in [-0.3, -0.25) is 4.79 Å². The van der Waals surface area contributed by atoms with E-state index < -0.39 is 0 Å². The van der Waals surface area contributed by atoms with Crippen LogP contribution in [0.25, 0.3) is 21.8 Å². The minimum atomic E-state index is -0.0450. The molecule has 0 saturated carbocycles. The molecule has 3 heteroatoms. The molecule has 0 saturated heterocycles. The van der Waals surface area contributed by atoms with E-state index in [9.17, 15) is 4.79 Å². The smallest absolute Gasteiger partial charge is 0.249 e. The number of fused-ring (bicyclic) bond motifs is 3. The first-order valence-corrected chi connectivity index (χ1v) is 4.44. The maximum Gasteiger partial charge on any atom is 0.249 e. The maximum atomic E-state index is 11.2. The van der Waals surface area contributed by atoms with Crippen LogP contribution in [0.15, 0.2) is 41.3 Å². The largest absolute Gasteiger partial charge is 0.361 e. The van der Waals surface area contributed by atoms with Gasteiger partial charge in [0.15, 0.2) is 0 Å². The number of hydrogen-bond acceptors (Lipinski definition) is 1. The molecular weight excluding hydrogens is 176 g/mol. The van der Waals surface area contributed by atoms with Gasteiger partial charge in [-0.2, -0.15) is 0 Å². The van der Waals surface area contributed by atoms with Crippen LogP contribution >= 0.6 is 0 Å². The Balaban J connectivity index is 2.66. The highest BCUT2D eigenvalue weighted by molar-refractivity contribution is 6.04. The highest BCUT2D eigenvalue weighted by Crippen LogP contribution is 2.20. The van der Waals surface area contributed by atoms with Crippen LogP contribution in [0.2, 0.25) is 0 Å². The van der Waals surface area contributed by atoms with E-state index in [4.69, 9.17) is 0 Å². The van der Waals surface area contributed by atoms with Crippen LogP contribution in [-0.2, 0) is 0 Å². The molecule has 68 valence electrons. The van der Waals surface area contributed by atoms with E-state index in [-0.39, 0.29) is 5.56 Å². The van der Waals surface area contributed by atoms with E-state index in [0.717, 1.165) is 21.8 Å². The third kappa shape index (κ3) is 0.893. The number of benzene rings is 1. The lowest BCUT2D eigenvalue weighted by Gasteiger charge is -1.98. The second-order valence-corrected chi connectivity index (χ2v) is 3.29. The lowest BCUT2D eigenvalue weighted by molar-refractivity contribution is 1.36. The molecule has 0 aliphatic rings. The van der Waals surface area contributed by atoms with Gasteiger partial charge in [0, 0.05) is 34.1 Å². The van der Waals surface area contributed by atoms with E-state index >= 15 is 0 Å². The highest BCUT2D eigenvalue weighted by Gasteiger charge is 2.01. The van der Waals surface area contributed by atoms with Gasteiger partial charge < -0.3 is 9.97 Å². The molecule has 3 rings (SSSR count). The number of hydrogen-bond donors (Lipinski definition) is 2. The zero-order valence-electron chi connectivity index (χ0n) is 7.37. The Labute approximate surface area is 79.4 Å². The van der Waals surface area contributed by atoms with Crippen molar-refractivity contribution < 1.29 is 0 Å². The Bertz CT molecular complexity index is 663. The molecule has 3 nitrogen and oxygen atoms in total. The van der Waals surface area contributed by atoms with Crippen molar-refractivity contribution in [2.45, 2.75) is 0 Å². The van der Waals surface area contributed by atoms with Crippen molar-refractivity contribution in [3.05, 3.63) is 46.9 Å². The molecule has 0 amide bonds. The lowest BCUT2D eigenvalue weighted by atomic mass is 10.1. The lowest BCUT2D eigenvalue weighted by Crippen LogP contribution is -1.92. The highest BCUT2D eigenvalue weighted by atomic mass is 16.1. The number of aromatic amines is 2. The van der Waals surface area contributed by atoms with Crippen molar-refractivity contribution in [2.24, 2.45) is 0 Å². The SMILES string of the molecule is O=c1cc2c(ccc3[nH]cccc32)[nH]1. The van der Waals surface area contributed by atoms with Gasteiger partial charge in [0.1, 0.15) is 0 Å². The molecule has 0 bridgehead atoms. The van der Waals surface area contributed by atoms with Crippen molar-refractivity contribution in [2.75, 3.05) is 0 Å². The molecular formula is C11H8N2O. The summed E-state index contributed by atoms with van der Waals surface area (Å²) in [6, 6.07) is 9.44. The average molecular weight is 184 g/mol. The number of aromatic nitrogens is 2. The summed E-state index contributed by atoms with van der Waals surface area (Å²) in [4.78, 5) is 17.1. The fraction of sp³-hybridized carbons (Fsp3) is 0. The Morgan fingerprint density at radius 2 is 1.86 bits per heavy atom.